The van der Waals surface area contributed by atoms with Crippen LogP contribution in [0.15, 0.2) is 54.6 Å². The van der Waals surface area contributed by atoms with E-state index in [-0.39, 0.29) is 5.91 Å². The quantitative estimate of drug-likeness (QED) is 0.602. The molecule has 0 radical (unpaired) electrons. The van der Waals surface area contributed by atoms with Crippen LogP contribution in [-0.4, -0.2) is 68.2 Å². The number of benzene rings is 2. The average molecular weight is 427 g/mol. The maximum Gasteiger partial charge on any atom is 0.263 e. The molecule has 156 valence electrons. The molecule has 1 aliphatic rings. The number of amides is 1. The lowest BCUT2D eigenvalue weighted by atomic mass is 10.2. The first-order valence-electron chi connectivity index (χ1n) is 9.86. The molecule has 1 aliphatic heterocycles. The Labute approximate surface area is 180 Å². The van der Waals surface area contributed by atoms with Gasteiger partial charge in [0.1, 0.15) is 5.75 Å². The fourth-order valence-electron chi connectivity index (χ4n) is 3.42. The minimum atomic E-state index is -0.517. The lowest BCUT2D eigenvalue weighted by Gasteiger charge is -2.35. The summed E-state index contributed by atoms with van der Waals surface area (Å²) in [6.45, 7) is 5.18. The van der Waals surface area contributed by atoms with Crippen LogP contribution in [0.25, 0.3) is 5.69 Å². The molecule has 0 aliphatic carbocycles. The molecule has 1 aromatic heterocycles. The van der Waals surface area contributed by atoms with Crippen molar-refractivity contribution in [2.75, 3.05) is 26.2 Å². The highest BCUT2D eigenvalue weighted by atomic mass is 35.5. The zero-order valence-corrected chi connectivity index (χ0v) is 17.4. The van der Waals surface area contributed by atoms with E-state index in [0.717, 1.165) is 24.6 Å². The third kappa shape index (κ3) is 4.77. The van der Waals surface area contributed by atoms with Gasteiger partial charge < -0.3 is 9.64 Å². The van der Waals surface area contributed by atoms with Crippen molar-refractivity contribution in [1.82, 2.24) is 30.0 Å². The van der Waals surface area contributed by atoms with Gasteiger partial charge in [0.15, 0.2) is 11.9 Å². The van der Waals surface area contributed by atoms with E-state index in [4.69, 9.17) is 16.3 Å². The lowest BCUT2D eigenvalue weighted by Crippen LogP contribution is -2.51. The van der Waals surface area contributed by atoms with Crippen LogP contribution in [0.2, 0.25) is 5.02 Å². The van der Waals surface area contributed by atoms with Crippen molar-refractivity contribution in [1.29, 1.82) is 0 Å². The van der Waals surface area contributed by atoms with Crippen LogP contribution in [-0.2, 0) is 11.3 Å². The van der Waals surface area contributed by atoms with Crippen LogP contribution in [0.3, 0.4) is 0 Å². The Morgan fingerprint density at radius 3 is 2.47 bits per heavy atom. The Morgan fingerprint density at radius 1 is 1.07 bits per heavy atom. The molecule has 0 saturated carbocycles. The van der Waals surface area contributed by atoms with Crippen molar-refractivity contribution in [3.8, 4) is 11.4 Å². The highest BCUT2D eigenvalue weighted by Gasteiger charge is 2.27. The summed E-state index contributed by atoms with van der Waals surface area (Å²) in [4.78, 5) is 16.8. The second-order valence-corrected chi connectivity index (χ2v) is 7.59. The molecular weight excluding hydrogens is 404 g/mol. The summed E-state index contributed by atoms with van der Waals surface area (Å²) < 4.78 is 7.48. The predicted molar refractivity (Wildman–Crippen MR) is 113 cm³/mol. The Balaban J connectivity index is 1.32. The first-order valence-corrected chi connectivity index (χ1v) is 10.2. The largest absolute Gasteiger partial charge is 0.481 e. The number of tetrazole rings is 1. The summed E-state index contributed by atoms with van der Waals surface area (Å²) in [5, 5.41) is 12.7. The van der Waals surface area contributed by atoms with Crippen molar-refractivity contribution in [2.45, 2.75) is 19.6 Å². The Morgan fingerprint density at radius 2 is 1.77 bits per heavy atom. The van der Waals surface area contributed by atoms with Crippen molar-refractivity contribution in [3.63, 3.8) is 0 Å². The monoisotopic (exact) mass is 426 g/mol. The molecule has 0 bridgehead atoms. The summed E-state index contributed by atoms with van der Waals surface area (Å²) in [5.41, 5.74) is 0.861. The van der Waals surface area contributed by atoms with E-state index < -0.39 is 6.10 Å². The van der Waals surface area contributed by atoms with Crippen LogP contribution < -0.4 is 4.74 Å². The van der Waals surface area contributed by atoms with Crippen molar-refractivity contribution in [3.05, 3.63) is 65.4 Å². The van der Waals surface area contributed by atoms with E-state index in [0.29, 0.717) is 30.4 Å². The summed E-state index contributed by atoms with van der Waals surface area (Å²) in [7, 11) is 0. The van der Waals surface area contributed by atoms with Gasteiger partial charge in [-0.15, -0.1) is 5.10 Å². The molecule has 1 amide bonds. The Kier molecular flexibility index (Phi) is 6.25. The van der Waals surface area contributed by atoms with E-state index in [1.807, 2.05) is 59.5 Å². The molecule has 0 N–H and O–H groups in total. The summed E-state index contributed by atoms with van der Waals surface area (Å²) in [6, 6.07) is 16.8. The third-order valence-electron chi connectivity index (χ3n) is 5.06. The number of halogens is 1. The number of hydrogen-bond donors (Lipinski definition) is 0. The third-order valence-corrected chi connectivity index (χ3v) is 5.31. The maximum atomic E-state index is 12.7. The van der Waals surface area contributed by atoms with Gasteiger partial charge in [-0.1, -0.05) is 29.8 Å². The zero-order valence-electron chi connectivity index (χ0n) is 16.7. The summed E-state index contributed by atoms with van der Waals surface area (Å²) >= 11 is 5.96. The van der Waals surface area contributed by atoms with Crippen molar-refractivity contribution < 1.29 is 9.53 Å². The molecule has 1 fully saturated rings. The number of aromatic nitrogens is 4. The van der Waals surface area contributed by atoms with Crippen LogP contribution in [0.5, 0.6) is 5.75 Å². The van der Waals surface area contributed by atoms with Crippen molar-refractivity contribution in [2.24, 2.45) is 0 Å². The predicted octanol–water partition coefficient (Wildman–Crippen LogP) is 2.43. The molecule has 0 spiro atoms. The molecule has 3 aromatic rings. The molecule has 2 heterocycles. The van der Waals surface area contributed by atoms with E-state index in [9.17, 15) is 4.79 Å². The Hall–Kier alpha value is -2.97. The van der Waals surface area contributed by atoms with Gasteiger partial charge in [-0.05, 0) is 53.7 Å². The van der Waals surface area contributed by atoms with Gasteiger partial charge in [-0.25, -0.2) is 0 Å². The second kappa shape index (κ2) is 9.23. The highest BCUT2D eigenvalue weighted by molar-refractivity contribution is 6.30. The van der Waals surface area contributed by atoms with Gasteiger partial charge in [-0.3, -0.25) is 9.69 Å². The van der Waals surface area contributed by atoms with Crippen LogP contribution in [0.1, 0.15) is 12.7 Å². The minimum Gasteiger partial charge on any atom is -0.481 e. The molecule has 4 rings (SSSR count). The lowest BCUT2D eigenvalue weighted by molar-refractivity contribution is -0.139. The highest BCUT2D eigenvalue weighted by Crippen LogP contribution is 2.16. The van der Waals surface area contributed by atoms with Gasteiger partial charge in [0.05, 0.1) is 12.2 Å². The van der Waals surface area contributed by atoms with Crippen molar-refractivity contribution >= 4 is 17.5 Å². The molecule has 1 atom stereocenters. The smallest absolute Gasteiger partial charge is 0.263 e. The maximum absolute atomic E-state index is 12.7. The first-order chi connectivity index (χ1) is 14.6. The first kappa shape index (κ1) is 20.3. The molecular formula is C21H23ClN6O2. The molecule has 30 heavy (non-hydrogen) atoms. The van der Waals surface area contributed by atoms with Gasteiger partial charge >= 0.3 is 0 Å². The van der Waals surface area contributed by atoms with E-state index in [1.165, 1.54) is 0 Å². The van der Waals surface area contributed by atoms with Gasteiger partial charge in [0, 0.05) is 31.2 Å². The zero-order chi connectivity index (χ0) is 20.9. The summed E-state index contributed by atoms with van der Waals surface area (Å²) in [6.07, 6.45) is -0.517. The molecule has 1 saturated heterocycles. The SMILES string of the molecule is C[C@H](Oc1ccccc1)C(=O)N1CCN(Cc2nnnn2-c2ccc(Cl)cc2)CC1. The fourth-order valence-corrected chi connectivity index (χ4v) is 3.55. The topological polar surface area (TPSA) is 76.4 Å². The molecule has 2 aromatic carbocycles. The van der Waals surface area contributed by atoms with Gasteiger partial charge in [0.25, 0.3) is 5.91 Å². The normalized spacial score (nSPS) is 15.7. The van der Waals surface area contributed by atoms with Gasteiger partial charge in [-0.2, -0.15) is 4.68 Å². The average Bonchev–Trinajstić information content (AvgIpc) is 3.23. The van der Waals surface area contributed by atoms with E-state index in [2.05, 4.69) is 20.4 Å². The van der Waals surface area contributed by atoms with Crippen LogP contribution in [0.4, 0.5) is 0 Å². The van der Waals surface area contributed by atoms with E-state index >= 15 is 0 Å². The van der Waals surface area contributed by atoms with Crippen LogP contribution in [0, 0.1) is 0 Å². The standard InChI is InChI=1S/C21H23ClN6O2/c1-16(30-19-5-3-2-4-6-19)21(29)27-13-11-26(12-14-27)15-20-23-24-25-28(20)18-9-7-17(22)8-10-18/h2-10,16H,11-15H2,1H3/t16-/m0/s1. The number of ether oxygens (including phenoxy) is 1. The molecule has 8 nitrogen and oxygen atoms in total. The summed E-state index contributed by atoms with van der Waals surface area (Å²) in [5.74, 6) is 1.45. The second-order valence-electron chi connectivity index (χ2n) is 7.16. The number of nitrogens with zero attached hydrogens (tertiary/aromatic N) is 6. The number of para-hydroxylation sites is 1. The minimum absolute atomic E-state index is 0.00417. The Bertz CT molecular complexity index is 971. The number of piperazine rings is 1. The van der Waals surface area contributed by atoms with E-state index in [1.54, 1.807) is 11.6 Å². The van der Waals surface area contributed by atoms with Crippen LogP contribution >= 0.6 is 11.6 Å². The number of hydrogen-bond acceptors (Lipinski definition) is 6. The van der Waals surface area contributed by atoms with Gasteiger partial charge in [0.2, 0.25) is 0 Å². The fraction of sp³-hybridized carbons (Fsp3) is 0.333. The molecule has 0 unspecified atom stereocenters. The number of carbonyl (C=O) groups is 1. The number of carbonyl (C=O) groups excluding carboxylic acids is 1. The molecule has 9 heteroatoms. The number of rotatable bonds is 6.